The van der Waals surface area contributed by atoms with Crippen LogP contribution in [0, 0.1) is 29.7 Å². The predicted octanol–water partition coefficient (Wildman–Crippen LogP) is 6.05. The minimum absolute atomic E-state index is 0.129. The summed E-state index contributed by atoms with van der Waals surface area (Å²) in [6, 6.07) is 6.51. The summed E-state index contributed by atoms with van der Waals surface area (Å²) in [5.41, 5.74) is 0. The Labute approximate surface area is 258 Å². The van der Waals surface area contributed by atoms with Crippen molar-refractivity contribution in [1.29, 1.82) is 0 Å². The third-order valence-electron chi connectivity index (χ3n) is 4.65. The van der Waals surface area contributed by atoms with Crippen LogP contribution in [0.15, 0.2) is 41.3 Å². The van der Waals surface area contributed by atoms with Crippen LogP contribution in [0.1, 0.15) is 12.8 Å². The zero-order chi connectivity index (χ0) is 24.5. The molecule has 0 heterocycles. The second-order valence-corrected chi connectivity index (χ2v) is 14.1. The Morgan fingerprint density at radius 3 is 1.70 bits per heavy atom. The van der Waals surface area contributed by atoms with Crippen molar-refractivity contribution in [1.82, 2.24) is 0 Å². The standard InChI is InChI=1S/C20H13I5O7S/c21-9-5-13(22)17(14(23)6-9)32-20(27)12-4-2-1-3-11(12)19(26)31-10-7-15(24)18(16(25)8-10)33(28,29)30/h1-2,5-8,11-12H,3-4H2,(H,28,29,30). The van der Waals surface area contributed by atoms with Crippen molar-refractivity contribution < 1.29 is 32.0 Å². The van der Waals surface area contributed by atoms with Crippen LogP contribution < -0.4 is 9.47 Å². The Morgan fingerprint density at radius 1 is 0.788 bits per heavy atom. The van der Waals surface area contributed by atoms with Gasteiger partial charge in [-0.15, -0.1) is 0 Å². The van der Waals surface area contributed by atoms with E-state index in [0.29, 0.717) is 18.6 Å². The molecule has 2 atom stereocenters. The number of allylic oxidation sites excluding steroid dienone is 2. The van der Waals surface area contributed by atoms with Gasteiger partial charge in [-0.1, -0.05) is 12.2 Å². The third kappa shape index (κ3) is 7.13. The van der Waals surface area contributed by atoms with E-state index in [9.17, 15) is 22.6 Å². The molecule has 0 saturated carbocycles. The van der Waals surface area contributed by atoms with E-state index >= 15 is 0 Å². The fourth-order valence-corrected chi connectivity index (χ4v) is 11.0. The van der Waals surface area contributed by atoms with Gasteiger partial charge in [-0.3, -0.25) is 14.1 Å². The lowest BCUT2D eigenvalue weighted by molar-refractivity contribution is -0.150. The molecule has 0 fully saturated rings. The smallest absolute Gasteiger partial charge is 0.315 e. The number of rotatable bonds is 5. The average Bonchev–Trinajstić information content (AvgIpc) is 2.68. The SMILES string of the molecule is O=C(Oc1cc(I)c(S(=O)(=O)O)c(I)c1)C1CC=CCC1C(=O)Oc1c(I)cc(I)cc1I. The maximum Gasteiger partial charge on any atom is 0.315 e. The highest BCUT2D eigenvalue weighted by molar-refractivity contribution is 14.1. The van der Waals surface area contributed by atoms with Gasteiger partial charge < -0.3 is 9.47 Å². The second-order valence-electron chi connectivity index (χ2n) is 6.89. The van der Waals surface area contributed by atoms with Crippen LogP contribution in [0.5, 0.6) is 11.5 Å². The summed E-state index contributed by atoms with van der Waals surface area (Å²) in [5.74, 6) is -2.00. The lowest BCUT2D eigenvalue weighted by Gasteiger charge is -2.25. The van der Waals surface area contributed by atoms with E-state index in [1.54, 1.807) is 45.2 Å². The highest BCUT2D eigenvalue weighted by Crippen LogP contribution is 2.34. The van der Waals surface area contributed by atoms with E-state index < -0.39 is 33.9 Å². The molecule has 0 aliphatic heterocycles. The number of carbonyl (C=O) groups is 2. The summed E-state index contributed by atoms with van der Waals surface area (Å²) >= 11 is 9.91. The minimum Gasteiger partial charge on any atom is -0.426 e. The molecule has 0 radical (unpaired) electrons. The molecule has 1 aliphatic carbocycles. The molecule has 176 valence electrons. The molecule has 13 heteroatoms. The molecule has 3 rings (SSSR count). The van der Waals surface area contributed by atoms with Gasteiger partial charge in [0.15, 0.2) is 5.75 Å². The molecular formula is C20H13I5O7S. The highest BCUT2D eigenvalue weighted by atomic mass is 127. The summed E-state index contributed by atoms with van der Waals surface area (Å²) < 4.78 is 46.8. The minimum atomic E-state index is -4.42. The zero-order valence-electron chi connectivity index (χ0n) is 16.2. The Balaban J connectivity index is 1.81. The molecule has 0 saturated heterocycles. The van der Waals surface area contributed by atoms with Crippen LogP contribution in [-0.2, 0) is 19.7 Å². The molecule has 0 spiro atoms. The van der Waals surface area contributed by atoms with Gasteiger partial charge in [0.25, 0.3) is 10.1 Å². The summed E-state index contributed by atoms with van der Waals surface area (Å²) in [5, 5.41) is 0. The number of hydrogen-bond donors (Lipinski definition) is 1. The van der Waals surface area contributed by atoms with Gasteiger partial charge in [0.05, 0.1) is 19.0 Å². The van der Waals surface area contributed by atoms with E-state index in [2.05, 4.69) is 67.8 Å². The fraction of sp³-hybridized carbons (Fsp3) is 0.200. The van der Waals surface area contributed by atoms with Crippen molar-refractivity contribution in [3.8, 4) is 11.5 Å². The first-order chi connectivity index (χ1) is 15.4. The van der Waals surface area contributed by atoms with Crippen molar-refractivity contribution in [2.75, 3.05) is 0 Å². The number of ether oxygens (including phenoxy) is 2. The normalized spacial score (nSPS) is 18.1. The van der Waals surface area contributed by atoms with Crippen LogP contribution in [0.4, 0.5) is 0 Å². The summed E-state index contributed by atoms with van der Waals surface area (Å²) in [4.78, 5) is 25.8. The third-order valence-corrected chi connectivity index (χ3v) is 10.3. The number of halogens is 5. The monoisotopic (exact) mass is 1030 g/mol. The quantitative estimate of drug-likeness (QED) is 0.128. The van der Waals surface area contributed by atoms with Gasteiger partial charge in [0.1, 0.15) is 10.6 Å². The lowest BCUT2D eigenvalue weighted by Crippen LogP contribution is -2.36. The van der Waals surface area contributed by atoms with Crippen LogP contribution in [0.3, 0.4) is 0 Å². The van der Waals surface area contributed by atoms with Crippen molar-refractivity contribution >= 4 is 135 Å². The molecule has 1 N–H and O–H groups in total. The van der Waals surface area contributed by atoms with E-state index in [4.69, 9.17) is 9.47 Å². The first-order valence-corrected chi connectivity index (χ1v) is 15.9. The predicted molar refractivity (Wildman–Crippen MR) is 163 cm³/mol. The summed E-state index contributed by atoms with van der Waals surface area (Å²) in [6.45, 7) is 0. The Morgan fingerprint density at radius 2 is 1.24 bits per heavy atom. The number of benzene rings is 2. The van der Waals surface area contributed by atoms with Crippen LogP contribution in [0.25, 0.3) is 0 Å². The van der Waals surface area contributed by atoms with E-state index in [1.807, 2.05) is 24.3 Å². The van der Waals surface area contributed by atoms with E-state index in [1.165, 1.54) is 12.1 Å². The molecule has 0 aromatic heterocycles. The topological polar surface area (TPSA) is 107 Å². The average molecular weight is 1030 g/mol. The van der Waals surface area contributed by atoms with Crippen LogP contribution in [0.2, 0.25) is 0 Å². The van der Waals surface area contributed by atoms with Gasteiger partial charge in [-0.2, -0.15) is 8.42 Å². The Kier molecular flexibility index (Phi) is 10.1. The molecule has 2 aromatic carbocycles. The second kappa shape index (κ2) is 11.8. The van der Waals surface area contributed by atoms with Crippen molar-refractivity contribution in [2.24, 2.45) is 11.8 Å². The van der Waals surface area contributed by atoms with Gasteiger partial charge in [-0.25, -0.2) is 0 Å². The van der Waals surface area contributed by atoms with E-state index in [0.717, 1.165) is 10.7 Å². The maximum atomic E-state index is 13.0. The molecular weight excluding hydrogens is 1020 g/mol. The van der Waals surface area contributed by atoms with Gasteiger partial charge in [0, 0.05) is 10.7 Å². The largest absolute Gasteiger partial charge is 0.426 e. The lowest BCUT2D eigenvalue weighted by atomic mass is 9.83. The number of carbonyl (C=O) groups excluding carboxylic acids is 2. The molecule has 0 amide bonds. The molecule has 2 aromatic rings. The molecule has 0 bridgehead atoms. The molecule has 33 heavy (non-hydrogen) atoms. The van der Waals surface area contributed by atoms with Gasteiger partial charge >= 0.3 is 11.9 Å². The molecule has 2 unspecified atom stereocenters. The number of hydrogen-bond acceptors (Lipinski definition) is 6. The van der Waals surface area contributed by atoms with Crippen LogP contribution in [-0.4, -0.2) is 24.9 Å². The molecule has 7 nitrogen and oxygen atoms in total. The maximum absolute atomic E-state index is 13.0. The summed E-state index contributed by atoms with van der Waals surface area (Å²) in [7, 11) is -4.42. The fourth-order valence-electron chi connectivity index (χ4n) is 3.17. The number of esters is 2. The van der Waals surface area contributed by atoms with E-state index in [-0.39, 0.29) is 17.8 Å². The Bertz CT molecular complexity index is 1210. The van der Waals surface area contributed by atoms with Crippen molar-refractivity contribution in [2.45, 2.75) is 17.7 Å². The first-order valence-electron chi connectivity index (χ1n) is 9.08. The highest BCUT2D eigenvalue weighted by Gasteiger charge is 2.37. The molecule has 1 aliphatic rings. The van der Waals surface area contributed by atoms with Crippen molar-refractivity contribution in [3.63, 3.8) is 0 Å². The van der Waals surface area contributed by atoms with Crippen molar-refractivity contribution in [3.05, 3.63) is 54.3 Å². The Hall–Kier alpha value is 0.680. The first kappa shape index (κ1) is 28.3. The zero-order valence-corrected chi connectivity index (χ0v) is 27.8. The summed E-state index contributed by atoms with van der Waals surface area (Å²) in [6.07, 6.45) is 4.32. The van der Waals surface area contributed by atoms with Crippen LogP contribution >= 0.6 is 113 Å². The van der Waals surface area contributed by atoms with Gasteiger partial charge in [0.2, 0.25) is 0 Å². The van der Waals surface area contributed by atoms with Gasteiger partial charge in [-0.05, 0) is 150 Å².